The van der Waals surface area contributed by atoms with E-state index in [1.807, 2.05) is 49.4 Å². The van der Waals surface area contributed by atoms with Gasteiger partial charge in [0.15, 0.2) is 12.2 Å². The van der Waals surface area contributed by atoms with Gasteiger partial charge in [-0.2, -0.15) is 0 Å². The van der Waals surface area contributed by atoms with Gasteiger partial charge in [-0.1, -0.05) is 36.4 Å². The molecule has 2 aromatic carbocycles. The van der Waals surface area contributed by atoms with E-state index in [2.05, 4.69) is 4.98 Å². The van der Waals surface area contributed by atoms with Crippen LogP contribution in [0.2, 0.25) is 0 Å². The summed E-state index contributed by atoms with van der Waals surface area (Å²) < 4.78 is 10.9. The van der Waals surface area contributed by atoms with Crippen LogP contribution in [0.15, 0.2) is 54.6 Å². The first-order valence-electron chi connectivity index (χ1n) is 8.51. The minimum atomic E-state index is -0.901. The highest BCUT2D eigenvalue weighted by Gasteiger charge is 2.27. The number of rotatable bonds is 6. The zero-order valence-corrected chi connectivity index (χ0v) is 15.0. The molecule has 0 radical (unpaired) electrons. The number of para-hydroxylation sites is 2. The molecule has 1 heterocycles. The third kappa shape index (κ3) is 3.61. The van der Waals surface area contributed by atoms with Gasteiger partial charge >= 0.3 is 5.97 Å². The van der Waals surface area contributed by atoms with Crippen molar-refractivity contribution in [3.63, 3.8) is 0 Å². The number of H-pyrrole nitrogens is 1. The average Bonchev–Trinajstić information content (AvgIpc) is 2.97. The number of ketones is 1. The number of aromatic nitrogens is 1. The number of ether oxygens (including phenoxy) is 2. The minimum Gasteiger partial charge on any atom is -0.479 e. The first kappa shape index (κ1) is 17.7. The fourth-order valence-electron chi connectivity index (χ4n) is 2.87. The van der Waals surface area contributed by atoms with Crippen LogP contribution in [-0.2, 0) is 9.53 Å². The molecule has 2 unspecified atom stereocenters. The molecule has 3 rings (SSSR count). The average molecular weight is 351 g/mol. The lowest BCUT2D eigenvalue weighted by atomic mass is 10.0. The maximum atomic E-state index is 12.8. The SMILES string of the molecule is Cc1[nH]c2ccccc2c1C(=O)C(C)OC(=O)C(C)Oc1ccccc1. The van der Waals surface area contributed by atoms with Crippen LogP contribution in [0.3, 0.4) is 0 Å². The quantitative estimate of drug-likeness (QED) is 0.537. The molecule has 3 aromatic rings. The Hall–Kier alpha value is -3.08. The summed E-state index contributed by atoms with van der Waals surface area (Å²) in [6.07, 6.45) is -1.71. The van der Waals surface area contributed by atoms with Crippen LogP contribution in [0.25, 0.3) is 10.9 Å². The molecule has 0 aliphatic carbocycles. The van der Waals surface area contributed by atoms with E-state index in [1.165, 1.54) is 0 Å². The summed E-state index contributed by atoms with van der Waals surface area (Å²) in [6, 6.07) is 16.6. The number of hydrogen-bond donors (Lipinski definition) is 1. The van der Waals surface area contributed by atoms with Crippen LogP contribution in [0.1, 0.15) is 29.9 Å². The van der Waals surface area contributed by atoms with Gasteiger partial charge in [-0.15, -0.1) is 0 Å². The molecule has 1 aromatic heterocycles. The predicted molar refractivity (Wildman–Crippen MR) is 99.5 cm³/mol. The van der Waals surface area contributed by atoms with Gasteiger partial charge in [0, 0.05) is 22.2 Å². The first-order valence-corrected chi connectivity index (χ1v) is 8.51. The second kappa shape index (κ2) is 7.44. The van der Waals surface area contributed by atoms with E-state index in [0.29, 0.717) is 11.3 Å². The Morgan fingerprint density at radius 3 is 2.31 bits per heavy atom. The number of nitrogens with one attached hydrogen (secondary N) is 1. The number of esters is 1. The zero-order chi connectivity index (χ0) is 18.7. The van der Waals surface area contributed by atoms with Gasteiger partial charge in [0.05, 0.1) is 0 Å². The molecule has 5 heteroatoms. The number of carbonyl (C=O) groups is 2. The van der Waals surface area contributed by atoms with Crippen molar-refractivity contribution < 1.29 is 19.1 Å². The number of hydrogen-bond acceptors (Lipinski definition) is 4. The molecule has 26 heavy (non-hydrogen) atoms. The van der Waals surface area contributed by atoms with Crippen molar-refractivity contribution in [2.75, 3.05) is 0 Å². The third-order valence-corrected chi connectivity index (χ3v) is 4.19. The molecule has 0 aliphatic rings. The van der Waals surface area contributed by atoms with Crippen molar-refractivity contribution in [3.05, 3.63) is 65.9 Å². The molecular weight excluding hydrogens is 330 g/mol. The lowest BCUT2D eigenvalue weighted by Gasteiger charge is -2.17. The molecule has 0 saturated carbocycles. The zero-order valence-electron chi connectivity index (χ0n) is 15.0. The maximum absolute atomic E-state index is 12.8. The van der Waals surface area contributed by atoms with Crippen molar-refractivity contribution in [1.29, 1.82) is 0 Å². The number of carbonyl (C=O) groups excluding carboxylic acids is 2. The van der Waals surface area contributed by atoms with E-state index in [0.717, 1.165) is 16.6 Å². The van der Waals surface area contributed by atoms with E-state index >= 15 is 0 Å². The first-order chi connectivity index (χ1) is 12.5. The van der Waals surface area contributed by atoms with Gasteiger partial charge in [-0.3, -0.25) is 4.79 Å². The third-order valence-electron chi connectivity index (χ3n) is 4.19. The van der Waals surface area contributed by atoms with Gasteiger partial charge in [0.25, 0.3) is 0 Å². The van der Waals surface area contributed by atoms with Gasteiger partial charge in [0.1, 0.15) is 5.75 Å². The second-order valence-corrected chi connectivity index (χ2v) is 6.19. The van der Waals surface area contributed by atoms with Crippen LogP contribution in [0, 0.1) is 6.92 Å². The number of aromatic amines is 1. The van der Waals surface area contributed by atoms with Crippen molar-refractivity contribution in [3.8, 4) is 5.75 Å². The van der Waals surface area contributed by atoms with E-state index in [9.17, 15) is 9.59 Å². The van der Waals surface area contributed by atoms with Gasteiger partial charge in [-0.25, -0.2) is 4.79 Å². The summed E-state index contributed by atoms with van der Waals surface area (Å²) in [6.45, 7) is 5.02. The number of Topliss-reactive ketones (excluding diaryl/α,β-unsaturated/α-hetero) is 1. The van der Waals surface area contributed by atoms with E-state index in [-0.39, 0.29) is 5.78 Å². The number of aryl methyl sites for hydroxylation is 1. The van der Waals surface area contributed by atoms with Crippen LogP contribution in [0.4, 0.5) is 0 Å². The van der Waals surface area contributed by atoms with Crippen LogP contribution in [0.5, 0.6) is 5.75 Å². The Bertz CT molecular complexity index is 930. The molecule has 0 fully saturated rings. The lowest BCUT2D eigenvalue weighted by Crippen LogP contribution is -2.32. The van der Waals surface area contributed by atoms with Crippen molar-refractivity contribution in [1.82, 2.24) is 4.98 Å². The Morgan fingerprint density at radius 1 is 0.923 bits per heavy atom. The highest BCUT2D eigenvalue weighted by Crippen LogP contribution is 2.24. The van der Waals surface area contributed by atoms with Gasteiger partial charge in [0.2, 0.25) is 5.78 Å². The largest absolute Gasteiger partial charge is 0.479 e. The monoisotopic (exact) mass is 351 g/mol. The van der Waals surface area contributed by atoms with Crippen molar-refractivity contribution in [2.24, 2.45) is 0 Å². The fraction of sp³-hybridized carbons (Fsp3) is 0.238. The molecule has 0 bridgehead atoms. The topological polar surface area (TPSA) is 68.4 Å². The molecule has 0 amide bonds. The highest BCUT2D eigenvalue weighted by molar-refractivity contribution is 6.11. The minimum absolute atomic E-state index is 0.236. The Balaban J connectivity index is 1.70. The summed E-state index contributed by atoms with van der Waals surface area (Å²) in [4.78, 5) is 28.3. The maximum Gasteiger partial charge on any atom is 0.347 e. The Morgan fingerprint density at radius 2 is 1.58 bits per heavy atom. The molecular formula is C21H21NO4. The van der Waals surface area contributed by atoms with Crippen LogP contribution < -0.4 is 4.74 Å². The predicted octanol–water partition coefficient (Wildman–Crippen LogP) is 4.06. The van der Waals surface area contributed by atoms with Gasteiger partial charge in [-0.05, 0) is 39.0 Å². The summed E-state index contributed by atoms with van der Waals surface area (Å²) in [5.74, 6) is -0.240. The second-order valence-electron chi connectivity index (χ2n) is 6.19. The molecule has 2 atom stereocenters. The number of fused-ring (bicyclic) bond motifs is 1. The van der Waals surface area contributed by atoms with Crippen molar-refractivity contribution in [2.45, 2.75) is 33.0 Å². The summed E-state index contributed by atoms with van der Waals surface area (Å²) in [5.41, 5.74) is 2.19. The normalized spacial score (nSPS) is 13.2. The van der Waals surface area contributed by atoms with Crippen LogP contribution >= 0.6 is 0 Å². The Labute approximate surface area is 151 Å². The van der Waals surface area contributed by atoms with E-state index in [1.54, 1.807) is 26.0 Å². The molecule has 1 N–H and O–H groups in total. The molecule has 0 spiro atoms. The summed E-state index contributed by atoms with van der Waals surface area (Å²) in [5, 5.41) is 0.825. The molecule has 134 valence electrons. The molecule has 5 nitrogen and oxygen atoms in total. The number of benzene rings is 2. The molecule has 0 aliphatic heterocycles. The smallest absolute Gasteiger partial charge is 0.347 e. The van der Waals surface area contributed by atoms with E-state index in [4.69, 9.17) is 9.47 Å². The highest BCUT2D eigenvalue weighted by atomic mass is 16.6. The Kier molecular flexibility index (Phi) is 5.07. The summed E-state index contributed by atoms with van der Waals surface area (Å²) >= 11 is 0. The molecule has 0 saturated heterocycles. The lowest BCUT2D eigenvalue weighted by molar-refractivity contribution is -0.153. The van der Waals surface area contributed by atoms with Crippen LogP contribution in [-0.4, -0.2) is 28.9 Å². The summed E-state index contributed by atoms with van der Waals surface area (Å²) in [7, 11) is 0. The standard InChI is InChI=1S/C21H21NO4/c1-13-19(17-11-7-8-12-18(17)22-13)20(23)14(2)26-21(24)15(3)25-16-9-5-4-6-10-16/h4-12,14-15,22H,1-3H3. The van der Waals surface area contributed by atoms with Gasteiger partial charge < -0.3 is 14.5 Å². The van der Waals surface area contributed by atoms with E-state index < -0.39 is 18.2 Å². The fourth-order valence-corrected chi connectivity index (χ4v) is 2.87. The van der Waals surface area contributed by atoms with Crippen molar-refractivity contribution >= 4 is 22.7 Å².